The van der Waals surface area contributed by atoms with Crippen LogP contribution < -0.4 is 14.8 Å². The summed E-state index contributed by atoms with van der Waals surface area (Å²) >= 11 is 0. The lowest BCUT2D eigenvalue weighted by Gasteiger charge is -2.13. The molecule has 0 saturated carbocycles. The molecule has 29 heavy (non-hydrogen) atoms. The first kappa shape index (κ1) is 21.1. The van der Waals surface area contributed by atoms with Crippen molar-refractivity contribution in [2.75, 3.05) is 31.0 Å². The van der Waals surface area contributed by atoms with E-state index >= 15 is 0 Å². The van der Waals surface area contributed by atoms with E-state index in [1.807, 2.05) is 0 Å². The maximum Gasteiger partial charge on any atom is 0.255 e. The fraction of sp³-hybridized carbons (Fsp3) is 0.316. The number of carbonyl (C=O) groups is 1. The van der Waals surface area contributed by atoms with Gasteiger partial charge in [0.1, 0.15) is 11.5 Å². The molecule has 0 aromatic heterocycles. The Morgan fingerprint density at radius 3 is 2.31 bits per heavy atom. The number of carbonyl (C=O) groups excluding carboxylic acids is 1. The van der Waals surface area contributed by atoms with Gasteiger partial charge < -0.3 is 14.8 Å². The normalized spacial score (nSPS) is 18.2. The number of nitrogens with one attached hydrogen (secondary N) is 1. The molecule has 0 radical (unpaired) electrons. The Hall–Kier alpha value is -2.59. The standard InChI is InChI=1S/C19H21NO7S2/c1-26-14-5-8-17(18(11-14)27-2)20-19(21)13-3-6-15(7-4-13)29(24,25)16-9-10-28(22,23)12-16/h3-8,11,16H,9-10,12H2,1-2H3,(H,20,21)/t16-/m0/s1. The molecule has 0 aliphatic carbocycles. The van der Waals surface area contributed by atoms with E-state index in [-0.39, 0.29) is 28.4 Å². The highest BCUT2D eigenvalue weighted by Gasteiger charge is 2.38. The van der Waals surface area contributed by atoms with Crippen LogP contribution in [-0.2, 0) is 19.7 Å². The van der Waals surface area contributed by atoms with Gasteiger partial charge in [-0.05, 0) is 42.8 Å². The molecule has 156 valence electrons. The molecule has 1 heterocycles. The van der Waals surface area contributed by atoms with Gasteiger partial charge in [0.15, 0.2) is 19.7 Å². The average Bonchev–Trinajstić information content (AvgIpc) is 3.08. The SMILES string of the molecule is COc1ccc(NC(=O)c2ccc(S(=O)(=O)[C@H]3CCS(=O)(=O)C3)cc2)c(OC)c1. The minimum atomic E-state index is -3.77. The third-order valence-corrected chi connectivity index (χ3v) is 8.92. The number of anilines is 1. The van der Waals surface area contributed by atoms with Gasteiger partial charge in [-0.15, -0.1) is 0 Å². The summed E-state index contributed by atoms with van der Waals surface area (Å²) in [4.78, 5) is 12.5. The molecule has 8 nitrogen and oxygen atoms in total. The van der Waals surface area contributed by atoms with Crippen molar-refractivity contribution >= 4 is 31.3 Å². The first-order chi connectivity index (χ1) is 13.7. The molecule has 0 bridgehead atoms. The predicted octanol–water partition coefficient (Wildman–Crippen LogP) is 1.92. The van der Waals surface area contributed by atoms with E-state index in [4.69, 9.17) is 9.47 Å². The van der Waals surface area contributed by atoms with Crippen molar-refractivity contribution in [1.29, 1.82) is 0 Å². The number of amides is 1. The van der Waals surface area contributed by atoms with Crippen LogP contribution >= 0.6 is 0 Å². The Balaban J connectivity index is 1.77. The number of methoxy groups -OCH3 is 2. The van der Waals surface area contributed by atoms with E-state index < -0.39 is 30.8 Å². The molecule has 1 N–H and O–H groups in total. The molecule has 1 aliphatic rings. The number of rotatable bonds is 6. The molecule has 10 heteroatoms. The topological polar surface area (TPSA) is 116 Å². The van der Waals surface area contributed by atoms with Crippen LogP contribution in [0.3, 0.4) is 0 Å². The zero-order chi connectivity index (χ0) is 21.2. The quantitative estimate of drug-likeness (QED) is 0.731. The third kappa shape index (κ3) is 4.54. The van der Waals surface area contributed by atoms with Gasteiger partial charge in [-0.25, -0.2) is 16.8 Å². The maximum absolute atomic E-state index is 12.6. The molecule has 1 atom stereocenters. The number of ether oxygens (including phenoxy) is 2. The lowest BCUT2D eigenvalue weighted by molar-refractivity contribution is 0.102. The van der Waals surface area contributed by atoms with Crippen molar-refractivity contribution in [3.63, 3.8) is 0 Å². The van der Waals surface area contributed by atoms with Gasteiger partial charge >= 0.3 is 0 Å². The monoisotopic (exact) mass is 439 g/mol. The number of hydrogen-bond acceptors (Lipinski definition) is 7. The van der Waals surface area contributed by atoms with Crippen molar-refractivity contribution in [2.24, 2.45) is 0 Å². The van der Waals surface area contributed by atoms with E-state index in [9.17, 15) is 21.6 Å². The fourth-order valence-electron chi connectivity index (χ4n) is 3.09. The van der Waals surface area contributed by atoms with Crippen LogP contribution in [0, 0.1) is 0 Å². The Morgan fingerprint density at radius 1 is 1.07 bits per heavy atom. The number of hydrogen-bond donors (Lipinski definition) is 1. The first-order valence-electron chi connectivity index (χ1n) is 8.74. The molecule has 0 unspecified atom stereocenters. The van der Waals surface area contributed by atoms with Gasteiger partial charge in [0, 0.05) is 11.6 Å². The van der Waals surface area contributed by atoms with Crippen molar-refractivity contribution in [2.45, 2.75) is 16.6 Å². The van der Waals surface area contributed by atoms with E-state index in [1.165, 1.54) is 38.5 Å². The summed E-state index contributed by atoms with van der Waals surface area (Å²) in [6.07, 6.45) is 0.0875. The van der Waals surface area contributed by atoms with Crippen LogP contribution in [0.4, 0.5) is 5.69 Å². The van der Waals surface area contributed by atoms with Gasteiger partial charge in [-0.2, -0.15) is 0 Å². The summed E-state index contributed by atoms with van der Waals surface area (Å²) in [7, 11) is -4.11. The summed E-state index contributed by atoms with van der Waals surface area (Å²) in [5, 5.41) is 1.76. The van der Waals surface area contributed by atoms with Crippen LogP contribution in [0.5, 0.6) is 11.5 Å². The fourth-order valence-corrected chi connectivity index (χ4v) is 7.45. The summed E-state index contributed by atoms with van der Waals surface area (Å²) < 4.78 is 58.8. The molecule has 0 spiro atoms. The Morgan fingerprint density at radius 2 is 1.76 bits per heavy atom. The highest BCUT2D eigenvalue weighted by molar-refractivity contribution is 7.96. The first-order valence-corrected chi connectivity index (χ1v) is 12.1. The molecule has 2 aromatic rings. The highest BCUT2D eigenvalue weighted by Crippen LogP contribution is 2.30. The summed E-state index contributed by atoms with van der Waals surface area (Å²) in [5.41, 5.74) is 0.687. The van der Waals surface area contributed by atoms with Crippen LogP contribution in [0.25, 0.3) is 0 Å². The second kappa shape index (κ2) is 8.03. The lowest BCUT2D eigenvalue weighted by Crippen LogP contribution is -2.23. The minimum absolute atomic E-state index is 0.00169. The predicted molar refractivity (Wildman–Crippen MR) is 108 cm³/mol. The lowest BCUT2D eigenvalue weighted by atomic mass is 10.2. The van der Waals surface area contributed by atoms with Crippen LogP contribution in [-0.4, -0.2) is 53.7 Å². The Kier molecular flexibility index (Phi) is 5.85. The van der Waals surface area contributed by atoms with Gasteiger partial charge in [-0.1, -0.05) is 0 Å². The smallest absolute Gasteiger partial charge is 0.255 e. The van der Waals surface area contributed by atoms with Crippen molar-refractivity contribution in [1.82, 2.24) is 0 Å². The van der Waals surface area contributed by atoms with Gasteiger partial charge in [0.25, 0.3) is 5.91 Å². The van der Waals surface area contributed by atoms with E-state index in [1.54, 1.807) is 18.2 Å². The molecule has 3 rings (SSSR count). The van der Waals surface area contributed by atoms with E-state index in [0.29, 0.717) is 17.2 Å². The second-order valence-corrected chi connectivity index (χ2v) is 11.1. The number of benzene rings is 2. The van der Waals surface area contributed by atoms with E-state index in [0.717, 1.165) is 0 Å². The van der Waals surface area contributed by atoms with Gasteiger partial charge in [0.05, 0.1) is 41.6 Å². The van der Waals surface area contributed by atoms with Crippen LogP contribution in [0.2, 0.25) is 0 Å². The van der Waals surface area contributed by atoms with Crippen LogP contribution in [0.1, 0.15) is 16.8 Å². The van der Waals surface area contributed by atoms with Crippen LogP contribution in [0.15, 0.2) is 47.4 Å². The summed E-state index contributed by atoms with van der Waals surface area (Å²) in [6.45, 7) is 0. The Bertz CT molecular complexity index is 1120. The highest BCUT2D eigenvalue weighted by atomic mass is 32.2. The minimum Gasteiger partial charge on any atom is -0.497 e. The molecule has 1 amide bonds. The largest absolute Gasteiger partial charge is 0.497 e. The maximum atomic E-state index is 12.6. The molecule has 1 aliphatic heterocycles. The summed E-state index contributed by atoms with van der Waals surface area (Å²) in [6, 6.07) is 10.4. The second-order valence-electron chi connectivity index (χ2n) is 6.61. The van der Waals surface area contributed by atoms with Crippen molar-refractivity contribution in [3.05, 3.63) is 48.0 Å². The van der Waals surface area contributed by atoms with Gasteiger partial charge in [0.2, 0.25) is 0 Å². The van der Waals surface area contributed by atoms with Gasteiger partial charge in [-0.3, -0.25) is 4.79 Å². The zero-order valence-corrected chi connectivity index (χ0v) is 17.5. The van der Waals surface area contributed by atoms with Crippen molar-refractivity contribution < 1.29 is 31.1 Å². The van der Waals surface area contributed by atoms with E-state index in [2.05, 4.69) is 5.32 Å². The third-order valence-electron chi connectivity index (χ3n) is 4.73. The molecular weight excluding hydrogens is 418 g/mol. The molecule has 2 aromatic carbocycles. The molecule has 1 saturated heterocycles. The zero-order valence-electron chi connectivity index (χ0n) is 15.9. The van der Waals surface area contributed by atoms with Crippen molar-refractivity contribution in [3.8, 4) is 11.5 Å². The average molecular weight is 440 g/mol. The molecular formula is C19H21NO7S2. The Labute approximate surface area is 169 Å². The summed E-state index contributed by atoms with van der Waals surface area (Å²) in [5.74, 6) is 0.0548. The molecule has 1 fully saturated rings. The number of sulfone groups is 2.